The van der Waals surface area contributed by atoms with Crippen molar-refractivity contribution in [3.63, 3.8) is 0 Å². The van der Waals surface area contributed by atoms with Crippen LogP contribution in [-0.4, -0.2) is 97.1 Å². The summed E-state index contributed by atoms with van der Waals surface area (Å²) < 4.78 is 34.4. The second-order valence-electron chi connectivity index (χ2n) is 14.4. The SMILES string of the molecule is O=C(OCC(COC(=O)C1CCCC(O)C1)(COC(=O)C1CCC2OC2C1)COC(=O)C1CCC2OC2C1)C1CCC(O)CC1. The molecule has 4 aliphatic carbocycles. The van der Waals surface area contributed by atoms with E-state index in [4.69, 9.17) is 28.4 Å². The number of aliphatic hydroxyl groups excluding tert-OH is 2. The molecular formula is C33H48O12. The highest BCUT2D eigenvalue weighted by molar-refractivity contribution is 5.74. The fraction of sp³-hybridized carbons (Fsp3) is 0.879. The quantitative estimate of drug-likeness (QED) is 0.182. The Hall–Kier alpha value is -2.28. The summed E-state index contributed by atoms with van der Waals surface area (Å²) in [4.78, 5) is 52.7. The van der Waals surface area contributed by atoms with Gasteiger partial charge in [0.2, 0.25) is 0 Å². The van der Waals surface area contributed by atoms with Gasteiger partial charge in [0.1, 0.15) is 31.8 Å². The number of rotatable bonds is 12. The van der Waals surface area contributed by atoms with Crippen LogP contribution in [0.25, 0.3) is 0 Å². The van der Waals surface area contributed by atoms with Gasteiger partial charge < -0.3 is 38.6 Å². The number of epoxide rings is 2. The fourth-order valence-corrected chi connectivity index (χ4v) is 7.54. The lowest BCUT2D eigenvalue weighted by molar-refractivity contribution is -0.177. The highest BCUT2D eigenvalue weighted by Crippen LogP contribution is 2.41. The van der Waals surface area contributed by atoms with Crippen LogP contribution in [-0.2, 0) is 47.6 Å². The molecule has 0 aromatic heterocycles. The van der Waals surface area contributed by atoms with Crippen LogP contribution >= 0.6 is 0 Å². The fourth-order valence-electron chi connectivity index (χ4n) is 7.54. The molecule has 8 unspecified atom stereocenters. The zero-order chi connectivity index (χ0) is 31.6. The number of carbonyl (C=O) groups excluding carboxylic acids is 4. The van der Waals surface area contributed by atoms with Crippen molar-refractivity contribution in [1.82, 2.24) is 0 Å². The minimum atomic E-state index is -1.33. The normalized spacial score (nSPS) is 38.4. The molecule has 12 heteroatoms. The molecule has 4 saturated carbocycles. The molecule has 0 spiro atoms. The lowest BCUT2D eigenvalue weighted by atomic mass is 9.86. The van der Waals surface area contributed by atoms with Gasteiger partial charge in [-0.15, -0.1) is 0 Å². The average molecular weight is 637 g/mol. The first kappa shape index (κ1) is 32.7. The summed E-state index contributed by atoms with van der Waals surface area (Å²) in [7, 11) is 0. The third kappa shape index (κ3) is 8.55. The van der Waals surface area contributed by atoms with E-state index in [0.29, 0.717) is 77.0 Å². The van der Waals surface area contributed by atoms with Crippen molar-refractivity contribution in [3.05, 3.63) is 0 Å². The van der Waals surface area contributed by atoms with Crippen molar-refractivity contribution in [1.29, 1.82) is 0 Å². The second-order valence-corrected chi connectivity index (χ2v) is 14.4. The van der Waals surface area contributed by atoms with Crippen LogP contribution in [0.1, 0.15) is 89.9 Å². The van der Waals surface area contributed by atoms with Gasteiger partial charge in [-0.1, -0.05) is 6.42 Å². The summed E-state index contributed by atoms with van der Waals surface area (Å²) in [6.45, 7) is -1.14. The Morgan fingerprint density at radius 3 is 1.36 bits per heavy atom. The Morgan fingerprint density at radius 2 is 0.911 bits per heavy atom. The maximum Gasteiger partial charge on any atom is 0.309 e. The van der Waals surface area contributed by atoms with Crippen molar-refractivity contribution < 1.29 is 57.8 Å². The first-order valence-corrected chi connectivity index (χ1v) is 17.0. The summed E-state index contributed by atoms with van der Waals surface area (Å²) in [5.74, 6) is -3.26. The molecule has 0 aromatic rings. The van der Waals surface area contributed by atoms with E-state index in [9.17, 15) is 29.4 Å². The zero-order valence-electron chi connectivity index (χ0n) is 26.0. The number of hydrogen-bond acceptors (Lipinski definition) is 12. The number of hydrogen-bond donors (Lipinski definition) is 2. The van der Waals surface area contributed by atoms with Gasteiger partial charge in [-0.25, -0.2) is 0 Å². The number of carbonyl (C=O) groups is 4. The smallest absolute Gasteiger partial charge is 0.309 e. The van der Waals surface area contributed by atoms with Gasteiger partial charge in [-0.2, -0.15) is 0 Å². The summed E-state index contributed by atoms with van der Waals surface area (Å²) >= 11 is 0. The van der Waals surface area contributed by atoms with Crippen LogP contribution in [0.2, 0.25) is 0 Å². The summed E-state index contributed by atoms with van der Waals surface area (Å²) in [5, 5.41) is 20.0. The highest BCUT2D eigenvalue weighted by atomic mass is 16.6. The first-order valence-electron chi connectivity index (χ1n) is 17.0. The number of ether oxygens (including phenoxy) is 6. The van der Waals surface area contributed by atoms with Crippen molar-refractivity contribution in [2.75, 3.05) is 26.4 Å². The van der Waals surface area contributed by atoms with Gasteiger partial charge in [0.25, 0.3) is 0 Å². The number of fused-ring (bicyclic) bond motifs is 2. The van der Waals surface area contributed by atoms with E-state index in [2.05, 4.69) is 0 Å². The van der Waals surface area contributed by atoms with Gasteiger partial charge in [-0.3, -0.25) is 19.2 Å². The maximum absolute atomic E-state index is 13.2. The van der Waals surface area contributed by atoms with Gasteiger partial charge in [-0.05, 0) is 83.5 Å². The maximum atomic E-state index is 13.2. The zero-order valence-corrected chi connectivity index (χ0v) is 26.0. The summed E-state index contributed by atoms with van der Waals surface area (Å²) in [5.41, 5.74) is -1.33. The molecule has 2 saturated heterocycles. The Morgan fingerprint density at radius 1 is 0.489 bits per heavy atom. The second kappa shape index (κ2) is 14.2. The molecule has 6 fully saturated rings. The van der Waals surface area contributed by atoms with E-state index >= 15 is 0 Å². The molecule has 0 radical (unpaired) electrons. The third-order valence-corrected chi connectivity index (χ3v) is 10.8. The monoisotopic (exact) mass is 636 g/mol. The molecular weight excluding hydrogens is 588 g/mol. The molecule has 2 N–H and O–H groups in total. The number of esters is 4. The van der Waals surface area contributed by atoms with Gasteiger partial charge in [0.05, 0.1) is 60.3 Å². The molecule has 6 aliphatic rings. The predicted octanol–water partition coefficient (Wildman–Crippen LogP) is 2.38. The van der Waals surface area contributed by atoms with Gasteiger partial charge in [0, 0.05) is 0 Å². The minimum absolute atomic E-state index is 0.0781. The molecule has 252 valence electrons. The summed E-state index contributed by atoms with van der Waals surface area (Å²) in [6.07, 6.45) is 7.86. The summed E-state index contributed by atoms with van der Waals surface area (Å²) in [6, 6.07) is 0. The van der Waals surface area contributed by atoms with Crippen molar-refractivity contribution in [2.45, 2.75) is 127 Å². The minimum Gasteiger partial charge on any atom is -0.464 e. The van der Waals surface area contributed by atoms with Crippen LogP contribution in [0, 0.1) is 29.1 Å². The Labute approximate surface area is 263 Å². The molecule has 2 heterocycles. The first-order chi connectivity index (χ1) is 21.7. The van der Waals surface area contributed by atoms with Crippen LogP contribution in [0.3, 0.4) is 0 Å². The van der Waals surface area contributed by atoms with E-state index in [1.165, 1.54) is 0 Å². The average Bonchev–Trinajstić information content (AvgIpc) is 3.98. The van der Waals surface area contributed by atoms with Crippen LogP contribution in [0.5, 0.6) is 0 Å². The van der Waals surface area contributed by atoms with E-state index < -0.39 is 47.4 Å². The molecule has 2 aliphatic heterocycles. The van der Waals surface area contributed by atoms with E-state index in [1.807, 2.05) is 0 Å². The number of aliphatic hydroxyl groups is 2. The molecule has 6 rings (SSSR count). The molecule has 0 bridgehead atoms. The van der Waals surface area contributed by atoms with Crippen molar-refractivity contribution in [2.24, 2.45) is 29.1 Å². The third-order valence-electron chi connectivity index (χ3n) is 10.8. The predicted molar refractivity (Wildman–Crippen MR) is 154 cm³/mol. The van der Waals surface area contributed by atoms with Crippen molar-refractivity contribution >= 4 is 23.9 Å². The van der Waals surface area contributed by atoms with Crippen LogP contribution < -0.4 is 0 Å². The molecule has 8 atom stereocenters. The highest BCUT2D eigenvalue weighted by Gasteiger charge is 2.48. The lowest BCUT2D eigenvalue weighted by Crippen LogP contribution is -2.46. The van der Waals surface area contributed by atoms with Gasteiger partial charge >= 0.3 is 23.9 Å². The molecule has 45 heavy (non-hydrogen) atoms. The van der Waals surface area contributed by atoms with E-state index in [-0.39, 0.29) is 68.6 Å². The van der Waals surface area contributed by atoms with E-state index in [1.54, 1.807) is 0 Å². The Bertz CT molecular complexity index is 1010. The van der Waals surface area contributed by atoms with Crippen LogP contribution in [0.15, 0.2) is 0 Å². The molecule has 0 amide bonds. The van der Waals surface area contributed by atoms with E-state index in [0.717, 1.165) is 12.8 Å². The topological polar surface area (TPSA) is 171 Å². The lowest BCUT2D eigenvalue weighted by Gasteiger charge is -2.34. The van der Waals surface area contributed by atoms with Gasteiger partial charge in [0.15, 0.2) is 0 Å². The molecule has 0 aromatic carbocycles. The van der Waals surface area contributed by atoms with Crippen molar-refractivity contribution in [3.8, 4) is 0 Å². The Kier molecular flexibility index (Phi) is 10.3. The van der Waals surface area contributed by atoms with Crippen LogP contribution in [0.4, 0.5) is 0 Å². The largest absolute Gasteiger partial charge is 0.464 e. The Balaban J connectivity index is 1.15. The standard InChI is InChI=1S/C33H48O12/c34-23-8-4-19(5-9-23)29(36)40-15-33(16-41-30(37)20-2-1-3-24(35)12-20,17-42-31(38)21-6-10-25-27(13-21)44-25)18-43-32(39)22-7-11-26-28(14-22)45-26/h19-28,34-35H,1-18H2. The molecule has 12 nitrogen and oxygen atoms in total.